The number of fused-ring (bicyclic) bond motifs is 1. The Bertz CT molecular complexity index is 1210. The summed E-state index contributed by atoms with van der Waals surface area (Å²) in [5.41, 5.74) is 2.50. The van der Waals surface area contributed by atoms with Crippen LogP contribution in [-0.4, -0.2) is 42.1 Å². The smallest absolute Gasteiger partial charge is 0.237 e. The number of pyridine rings is 1. The van der Waals surface area contributed by atoms with E-state index in [0.717, 1.165) is 17.5 Å². The monoisotopic (exact) mass is 450 g/mol. The third kappa shape index (κ3) is 4.34. The van der Waals surface area contributed by atoms with E-state index in [1.807, 2.05) is 59.8 Å². The van der Waals surface area contributed by atoms with Gasteiger partial charge in [0.25, 0.3) is 0 Å². The maximum Gasteiger partial charge on any atom is 0.237 e. The molecule has 4 nitrogen and oxygen atoms in total. The van der Waals surface area contributed by atoms with Crippen molar-refractivity contribution in [1.29, 1.82) is 0 Å². The molecule has 4 heteroatoms. The van der Waals surface area contributed by atoms with E-state index in [0.29, 0.717) is 26.3 Å². The van der Waals surface area contributed by atoms with Crippen LogP contribution in [0.5, 0.6) is 0 Å². The Labute approximate surface area is 201 Å². The predicted octanol–water partition coefficient (Wildman–Crippen LogP) is 5.26. The van der Waals surface area contributed by atoms with E-state index >= 15 is 0 Å². The van der Waals surface area contributed by atoms with Gasteiger partial charge in [0.15, 0.2) is 0 Å². The molecular weight excluding hydrogens is 420 g/mol. The van der Waals surface area contributed by atoms with Gasteiger partial charge in [-0.05, 0) is 41.5 Å². The summed E-state index contributed by atoms with van der Waals surface area (Å²) < 4.78 is 5.99. The van der Waals surface area contributed by atoms with Gasteiger partial charge in [0.2, 0.25) is 5.91 Å². The molecule has 0 unspecified atom stereocenters. The Hall–Kier alpha value is -3.50. The number of carbonyl (C=O) groups is 1. The standard InChI is InChI=1S/C30H30N2O2/c1-30(26-11-4-2-5-12-26,27-13-6-3-7-14-27)29(33)32-17-18-34-22-23(21-32)19-25-10-8-9-24-15-16-31-20-28(24)25/h2-16,20,23H,17-19,21-22H2,1H3/t23-/m1/s1. The van der Waals surface area contributed by atoms with Crippen molar-refractivity contribution >= 4 is 16.7 Å². The molecule has 34 heavy (non-hydrogen) atoms. The molecule has 3 aromatic carbocycles. The van der Waals surface area contributed by atoms with Crippen molar-refractivity contribution in [3.05, 3.63) is 114 Å². The van der Waals surface area contributed by atoms with Crippen molar-refractivity contribution in [1.82, 2.24) is 9.88 Å². The lowest BCUT2D eigenvalue weighted by Gasteiger charge is -2.36. The maximum atomic E-state index is 14.2. The van der Waals surface area contributed by atoms with E-state index < -0.39 is 5.41 Å². The lowest BCUT2D eigenvalue weighted by molar-refractivity contribution is -0.135. The van der Waals surface area contributed by atoms with Crippen molar-refractivity contribution < 1.29 is 9.53 Å². The second kappa shape index (κ2) is 9.78. The van der Waals surface area contributed by atoms with Gasteiger partial charge in [-0.25, -0.2) is 0 Å². The first-order chi connectivity index (χ1) is 16.7. The maximum absolute atomic E-state index is 14.2. The molecular formula is C30H30N2O2. The summed E-state index contributed by atoms with van der Waals surface area (Å²) >= 11 is 0. The Morgan fingerprint density at radius 3 is 2.38 bits per heavy atom. The topological polar surface area (TPSA) is 42.4 Å². The molecule has 1 saturated heterocycles. The highest BCUT2D eigenvalue weighted by molar-refractivity contribution is 5.92. The van der Waals surface area contributed by atoms with E-state index in [-0.39, 0.29) is 11.8 Å². The zero-order valence-corrected chi connectivity index (χ0v) is 19.6. The quantitative estimate of drug-likeness (QED) is 0.417. The van der Waals surface area contributed by atoms with Crippen LogP contribution in [0, 0.1) is 5.92 Å². The molecule has 1 amide bonds. The van der Waals surface area contributed by atoms with Gasteiger partial charge in [-0.2, -0.15) is 0 Å². The average Bonchev–Trinajstić information content (AvgIpc) is 3.14. The largest absolute Gasteiger partial charge is 0.379 e. The molecule has 0 saturated carbocycles. The number of ether oxygens (including phenoxy) is 1. The highest BCUT2D eigenvalue weighted by atomic mass is 16.5. The highest BCUT2D eigenvalue weighted by Crippen LogP contribution is 2.35. The van der Waals surface area contributed by atoms with Gasteiger partial charge in [-0.15, -0.1) is 0 Å². The van der Waals surface area contributed by atoms with E-state index in [1.54, 1.807) is 0 Å². The molecule has 1 aliphatic heterocycles. The molecule has 1 aliphatic rings. The number of amides is 1. The van der Waals surface area contributed by atoms with Crippen LogP contribution in [0.2, 0.25) is 0 Å². The fraction of sp³-hybridized carbons (Fsp3) is 0.267. The number of hydrogen-bond donors (Lipinski definition) is 0. The lowest BCUT2D eigenvalue weighted by Crippen LogP contribution is -2.48. The average molecular weight is 451 g/mol. The number of rotatable bonds is 5. The summed E-state index contributed by atoms with van der Waals surface area (Å²) in [5.74, 6) is 0.341. The molecule has 1 atom stereocenters. The van der Waals surface area contributed by atoms with Gasteiger partial charge in [0, 0.05) is 36.8 Å². The minimum absolute atomic E-state index is 0.125. The first-order valence-electron chi connectivity index (χ1n) is 12.0. The third-order valence-electron chi connectivity index (χ3n) is 7.04. The van der Waals surface area contributed by atoms with Crippen LogP contribution in [0.15, 0.2) is 97.3 Å². The Morgan fingerprint density at radius 2 is 1.68 bits per heavy atom. The molecule has 0 radical (unpaired) electrons. The van der Waals surface area contributed by atoms with Gasteiger partial charge in [-0.3, -0.25) is 9.78 Å². The molecule has 2 heterocycles. The molecule has 4 aromatic rings. The van der Waals surface area contributed by atoms with Crippen LogP contribution >= 0.6 is 0 Å². The van der Waals surface area contributed by atoms with Crippen LogP contribution in [0.4, 0.5) is 0 Å². The molecule has 172 valence electrons. The van der Waals surface area contributed by atoms with E-state index in [1.165, 1.54) is 16.3 Å². The molecule has 0 spiro atoms. The van der Waals surface area contributed by atoms with Crippen LogP contribution in [-0.2, 0) is 21.4 Å². The van der Waals surface area contributed by atoms with Gasteiger partial charge in [0.05, 0.1) is 18.6 Å². The lowest BCUT2D eigenvalue weighted by atomic mass is 9.75. The van der Waals surface area contributed by atoms with Crippen molar-refractivity contribution in [2.45, 2.75) is 18.8 Å². The Morgan fingerprint density at radius 1 is 0.971 bits per heavy atom. The van der Waals surface area contributed by atoms with Gasteiger partial charge >= 0.3 is 0 Å². The number of aromatic nitrogens is 1. The summed E-state index contributed by atoms with van der Waals surface area (Å²) in [7, 11) is 0. The number of carbonyl (C=O) groups excluding carboxylic acids is 1. The molecule has 0 bridgehead atoms. The number of benzene rings is 3. The molecule has 5 rings (SSSR count). The van der Waals surface area contributed by atoms with Gasteiger partial charge in [-0.1, -0.05) is 78.9 Å². The molecule has 0 aliphatic carbocycles. The van der Waals surface area contributed by atoms with E-state index in [4.69, 9.17) is 4.74 Å². The summed E-state index contributed by atoms with van der Waals surface area (Å²) in [6.07, 6.45) is 4.61. The van der Waals surface area contributed by atoms with Crippen molar-refractivity contribution in [3.63, 3.8) is 0 Å². The number of hydrogen-bond acceptors (Lipinski definition) is 3. The summed E-state index contributed by atoms with van der Waals surface area (Å²) in [5, 5.41) is 2.36. The minimum atomic E-state index is -0.763. The normalized spacial score (nSPS) is 16.9. The van der Waals surface area contributed by atoms with Crippen LogP contribution < -0.4 is 0 Å². The van der Waals surface area contributed by atoms with Crippen LogP contribution in [0.3, 0.4) is 0 Å². The van der Waals surface area contributed by atoms with E-state index in [9.17, 15) is 4.79 Å². The first-order valence-corrected chi connectivity index (χ1v) is 12.0. The summed E-state index contributed by atoms with van der Waals surface area (Å²) in [6.45, 7) is 4.52. The Balaban J connectivity index is 1.45. The van der Waals surface area contributed by atoms with Crippen LogP contribution in [0.1, 0.15) is 23.6 Å². The zero-order chi connectivity index (χ0) is 23.4. The van der Waals surface area contributed by atoms with Crippen molar-refractivity contribution in [3.8, 4) is 0 Å². The molecule has 0 N–H and O–H groups in total. The third-order valence-corrected chi connectivity index (χ3v) is 7.04. The predicted molar refractivity (Wildman–Crippen MR) is 136 cm³/mol. The molecule has 1 aromatic heterocycles. The van der Waals surface area contributed by atoms with Crippen molar-refractivity contribution in [2.75, 3.05) is 26.3 Å². The fourth-order valence-corrected chi connectivity index (χ4v) is 5.13. The fourth-order valence-electron chi connectivity index (χ4n) is 5.13. The summed E-state index contributed by atoms with van der Waals surface area (Å²) in [4.78, 5) is 20.6. The number of nitrogens with zero attached hydrogens (tertiary/aromatic N) is 2. The van der Waals surface area contributed by atoms with Crippen LogP contribution in [0.25, 0.3) is 10.8 Å². The van der Waals surface area contributed by atoms with Gasteiger partial charge in [0.1, 0.15) is 0 Å². The minimum Gasteiger partial charge on any atom is -0.379 e. The first kappa shape index (κ1) is 22.3. The SMILES string of the molecule is CC(C(=O)N1CCOC[C@H](Cc2cccc3ccncc23)C1)(c1ccccc1)c1ccccc1. The zero-order valence-electron chi connectivity index (χ0n) is 19.6. The second-order valence-corrected chi connectivity index (χ2v) is 9.27. The van der Waals surface area contributed by atoms with Crippen molar-refractivity contribution in [2.24, 2.45) is 5.92 Å². The van der Waals surface area contributed by atoms with E-state index in [2.05, 4.69) is 54.4 Å². The Kier molecular flexibility index (Phi) is 6.41. The molecule has 1 fully saturated rings. The second-order valence-electron chi connectivity index (χ2n) is 9.27. The summed E-state index contributed by atoms with van der Waals surface area (Å²) in [6, 6.07) is 28.7. The van der Waals surface area contributed by atoms with Gasteiger partial charge < -0.3 is 9.64 Å². The highest BCUT2D eigenvalue weighted by Gasteiger charge is 2.41.